The summed E-state index contributed by atoms with van der Waals surface area (Å²) in [7, 11) is -4.09. The largest absolute Gasteiger partial charge is 0.480 e. The number of non-ortho nitro benzene ring substituents is 1. The van der Waals surface area contributed by atoms with Crippen molar-refractivity contribution in [2.45, 2.75) is 24.8 Å². The average molecular weight is 381 g/mol. The van der Waals surface area contributed by atoms with Gasteiger partial charge in [0, 0.05) is 22.6 Å². The smallest absolute Gasteiger partial charge is 0.318 e. The number of hydrogen-bond donors (Lipinski definition) is 1. The summed E-state index contributed by atoms with van der Waals surface area (Å²) in [6, 6.07) is 2.62. The maximum atomic E-state index is 12.5. The summed E-state index contributed by atoms with van der Waals surface area (Å²) in [5.74, 6) is -1.29. The van der Waals surface area contributed by atoms with Crippen LogP contribution in [0.5, 0.6) is 0 Å². The molecule has 0 spiro atoms. The van der Waals surface area contributed by atoms with Crippen molar-refractivity contribution in [1.29, 1.82) is 0 Å². The molecule has 10 heteroatoms. The number of aliphatic carboxylic acids is 1. The first-order valence-corrected chi connectivity index (χ1v) is 7.98. The Balaban J connectivity index is 3.35. The maximum absolute atomic E-state index is 12.5. The van der Waals surface area contributed by atoms with Crippen LogP contribution in [0.1, 0.15) is 13.8 Å². The maximum Gasteiger partial charge on any atom is 0.318 e. The molecule has 1 rings (SSSR count). The fourth-order valence-corrected chi connectivity index (χ4v) is 4.23. The highest BCUT2D eigenvalue weighted by Crippen LogP contribution is 2.29. The van der Waals surface area contributed by atoms with E-state index in [1.807, 2.05) is 0 Å². The van der Waals surface area contributed by atoms with Crippen LogP contribution in [0.15, 0.2) is 27.6 Å². The van der Waals surface area contributed by atoms with Crippen molar-refractivity contribution in [2.75, 3.05) is 6.54 Å². The summed E-state index contributed by atoms with van der Waals surface area (Å²) in [6.45, 7) is 2.39. The number of carboxylic acids is 1. The van der Waals surface area contributed by atoms with Crippen molar-refractivity contribution in [1.82, 2.24) is 4.31 Å². The number of halogens is 1. The molecule has 1 aromatic rings. The van der Waals surface area contributed by atoms with E-state index < -0.39 is 33.5 Å². The average Bonchev–Trinajstić information content (AvgIpc) is 2.34. The number of nitro groups is 1. The van der Waals surface area contributed by atoms with Crippen LogP contribution in [-0.2, 0) is 14.8 Å². The monoisotopic (exact) mass is 380 g/mol. The summed E-state index contributed by atoms with van der Waals surface area (Å²) in [5.41, 5.74) is -0.268. The van der Waals surface area contributed by atoms with Gasteiger partial charge in [0.05, 0.1) is 9.82 Å². The van der Waals surface area contributed by atoms with Gasteiger partial charge < -0.3 is 5.11 Å². The molecule has 0 radical (unpaired) electrons. The Kier molecular flexibility index (Phi) is 5.42. The predicted octanol–water partition coefficient (Wildman–Crippen LogP) is 1.84. The van der Waals surface area contributed by atoms with Crippen LogP contribution in [0, 0.1) is 10.1 Å². The van der Waals surface area contributed by atoms with Crippen molar-refractivity contribution >= 4 is 37.6 Å². The van der Waals surface area contributed by atoms with E-state index in [0.717, 1.165) is 22.5 Å². The molecule has 0 aromatic heterocycles. The second kappa shape index (κ2) is 6.50. The number of sulfonamides is 1. The van der Waals surface area contributed by atoms with Gasteiger partial charge in [0.25, 0.3) is 5.69 Å². The molecule has 0 heterocycles. The molecule has 0 aliphatic heterocycles. The number of carbonyl (C=O) groups is 1. The number of nitrogens with zero attached hydrogens (tertiary/aromatic N) is 2. The summed E-state index contributed by atoms with van der Waals surface area (Å²) >= 11 is 2.98. The third-order valence-electron chi connectivity index (χ3n) is 2.58. The van der Waals surface area contributed by atoms with E-state index in [1.54, 1.807) is 13.8 Å². The Morgan fingerprint density at radius 1 is 1.48 bits per heavy atom. The lowest BCUT2D eigenvalue weighted by Gasteiger charge is -2.24. The van der Waals surface area contributed by atoms with Gasteiger partial charge in [0.1, 0.15) is 6.54 Å². The van der Waals surface area contributed by atoms with E-state index in [1.165, 1.54) is 0 Å². The predicted molar refractivity (Wildman–Crippen MR) is 77.5 cm³/mol. The SMILES string of the molecule is CC(C)N(CC(=O)O)S(=O)(=O)c1ccc([N+](=O)[O-])cc1Br. The third-order valence-corrected chi connectivity index (χ3v) is 5.58. The minimum Gasteiger partial charge on any atom is -0.480 e. The second-order valence-electron chi connectivity index (χ2n) is 4.41. The number of rotatable bonds is 6. The van der Waals surface area contributed by atoms with E-state index in [9.17, 15) is 23.3 Å². The van der Waals surface area contributed by atoms with E-state index >= 15 is 0 Å². The van der Waals surface area contributed by atoms with E-state index in [0.29, 0.717) is 0 Å². The Morgan fingerprint density at radius 3 is 2.43 bits per heavy atom. The van der Waals surface area contributed by atoms with Gasteiger partial charge in [-0.05, 0) is 35.8 Å². The molecular formula is C11H13BrN2O6S. The van der Waals surface area contributed by atoms with Gasteiger partial charge in [-0.1, -0.05) is 0 Å². The second-order valence-corrected chi connectivity index (χ2v) is 7.12. The lowest BCUT2D eigenvalue weighted by molar-refractivity contribution is -0.385. The van der Waals surface area contributed by atoms with E-state index in [2.05, 4.69) is 15.9 Å². The van der Waals surface area contributed by atoms with E-state index in [-0.39, 0.29) is 15.1 Å². The van der Waals surface area contributed by atoms with Crippen molar-refractivity contribution in [3.05, 3.63) is 32.8 Å². The molecule has 1 aromatic carbocycles. The lowest BCUT2D eigenvalue weighted by atomic mass is 10.3. The van der Waals surface area contributed by atoms with E-state index in [4.69, 9.17) is 5.11 Å². The quantitative estimate of drug-likeness (QED) is 0.594. The topological polar surface area (TPSA) is 118 Å². The molecule has 0 amide bonds. The zero-order valence-corrected chi connectivity index (χ0v) is 13.6. The molecule has 0 saturated heterocycles. The highest BCUT2D eigenvalue weighted by atomic mass is 79.9. The molecular weight excluding hydrogens is 368 g/mol. The number of carboxylic acid groups (broad SMARTS) is 1. The highest BCUT2D eigenvalue weighted by molar-refractivity contribution is 9.10. The number of hydrogen-bond acceptors (Lipinski definition) is 5. The molecule has 0 aliphatic rings. The zero-order chi connectivity index (χ0) is 16.4. The third kappa shape index (κ3) is 3.99. The first-order valence-electron chi connectivity index (χ1n) is 5.75. The first-order chi connectivity index (χ1) is 9.57. The molecule has 0 aliphatic carbocycles. The summed E-state index contributed by atoms with van der Waals surface area (Å²) in [4.78, 5) is 20.6. The molecule has 0 bridgehead atoms. The Morgan fingerprint density at radius 2 is 2.05 bits per heavy atom. The molecule has 21 heavy (non-hydrogen) atoms. The molecule has 8 nitrogen and oxygen atoms in total. The van der Waals surface area contributed by atoms with Gasteiger partial charge in [-0.3, -0.25) is 14.9 Å². The molecule has 0 atom stereocenters. The zero-order valence-electron chi connectivity index (χ0n) is 11.2. The molecule has 0 fully saturated rings. The van der Waals surface area contributed by atoms with Gasteiger partial charge in [-0.2, -0.15) is 4.31 Å². The van der Waals surface area contributed by atoms with Crippen LogP contribution >= 0.6 is 15.9 Å². The van der Waals surface area contributed by atoms with Gasteiger partial charge in [0.15, 0.2) is 0 Å². The van der Waals surface area contributed by atoms with Crippen LogP contribution in [-0.4, -0.2) is 41.3 Å². The van der Waals surface area contributed by atoms with Crippen LogP contribution in [0.2, 0.25) is 0 Å². The van der Waals surface area contributed by atoms with Gasteiger partial charge >= 0.3 is 5.97 Å². The van der Waals surface area contributed by atoms with Gasteiger partial charge in [0.2, 0.25) is 10.0 Å². The van der Waals surface area contributed by atoms with Crippen LogP contribution in [0.4, 0.5) is 5.69 Å². The highest BCUT2D eigenvalue weighted by Gasteiger charge is 2.31. The minimum atomic E-state index is -4.09. The first kappa shape index (κ1) is 17.5. The van der Waals surface area contributed by atoms with Crippen LogP contribution in [0.3, 0.4) is 0 Å². The summed E-state index contributed by atoms with van der Waals surface area (Å²) in [5, 5.41) is 19.5. The molecule has 0 saturated carbocycles. The van der Waals surface area contributed by atoms with Crippen LogP contribution in [0.25, 0.3) is 0 Å². The number of benzene rings is 1. The summed E-state index contributed by atoms with van der Waals surface area (Å²) in [6.07, 6.45) is 0. The standard InChI is InChI=1S/C11H13BrN2O6S/c1-7(2)13(6-11(15)16)21(19,20)10-4-3-8(14(17)18)5-9(10)12/h3-5,7H,6H2,1-2H3,(H,15,16). The Bertz CT molecular complexity index is 673. The van der Waals surface area contributed by atoms with Gasteiger partial charge in [-0.25, -0.2) is 8.42 Å². The Hall–Kier alpha value is -1.52. The number of nitro benzene ring substituents is 1. The van der Waals surface area contributed by atoms with Crippen molar-refractivity contribution in [3.63, 3.8) is 0 Å². The van der Waals surface area contributed by atoms with Crippen LogP contribution < -0.4 is 0 Å². The van der Waals surface area contributed by atoms with Crippen molar-refractivity contribution < 1.29 is 23.2 Å². The Labute approximate surface area is 129 Å². The fourth-order valence-electron chi connectivity index (χ4n) is 1.62. The fraction of sp³-hybridized carbons (Fsp3) is 0.364. The molecule has 1 N–H and O–H groups in total. The lowest BCUT2D eigenvalue weighted by Crippen LogP contribution is -2.40. The summed E-state index contributed by atoms with van der Waals surface area (Å²) < 4.78 is 25.8. The van der Waals surface area contributed by atoms with Gasteiger partial charge in [-0.15, -0.1) is 0 Å². The normalized spacial score (nSPS) is 11.9. The molecule has 0 unspecified atom stereocenters. The molecule has 116 valence electrons. The minimum absolute atomic E-state index is 0.00717. The van der Waals surface area contributed by atoms with Crippen molar-refractivity contribution in [2.24, 2.45) is 0 Å². The van der Waals surface area contributed by atoms with Crippen molar-refractivity contribution in [3.8, 4) is 0 Å².